The summed E-state index contributed by atoms with van der Waals surface area (Å²) in [7, 11) is -3.82. The van der Waals surface area contributed by atoms with Crippen LogP contribution in [0.4, 0.5) is 4.39 Å². The van der Waals surface area contributed by atoms with Crippen LogP contribution in [0.25, 0.3) is 0 Å². The van der Waals surface area contributed by atoms with Crippen LogP contribution in [0.3, 0.4) is 0 Å². The van der Waals surface area contributed by atoms with Gasteiger partial charge in [0.2, 0.25) is 15.9 Å². The minimum atomic E-state index is -3.82. The van der Waals surface area contributed by atoms with Crippen LogP contribution in [-0.2, 0) is 14.8 Å². The van der Waals surface area contributed by atoms with Crippen molar-refractivity contribution in [2.24, 2.45) is 0 Å². The molecule has 8 heteroatoms. The molecule has 1 saturated heterocycles. The lowest BCUT2D eigenvalue weighted by Gasteiger charge is -2.23. The maximum Gasteiger partial charge on any atom is 0.243 e. The Morgan fingerprint density at radius 2 is 1.86 bits per heavy atom. The maximum absolute atomic E-state index is 13.1. The van der Waals surface area contributed by atoms with E-state index in [4.69, 9.17) is 0 Å². The van der Waals surface area contributed by atoms with E-state index in [0.717, 1.165) is 24.3 Å². The lowest BCUT2D eigenvalue weighted by atomic mass is 10.2. The molecule has 1 heterocycles. The van der Waals surface area contributed by atoms with Crippen LogP contribution in [0.5, 0.6) is 0 Å². The first kappa shape index (κ1) is 20.8. The maximum atomic E-state index is 13.1. The first-order chi connectivity index (χ1) is 13.5. The molecule has 0 bridgehead atoms. The number of carbonyl (C=O) groups excluding carboxylic acids is 1. The Bertz CT molecular complexity index is 889. The third-order valence-electron chi connectivity index (χ3n) is 4.56. The van der Waals surface area contributed by atoms with Crippen molar-refractivity contribution in [1.29, 1.82) is 0 Å². The molecule has 0 spiro atoms. The van der Waals surface area contributed by atoms with Gasteiger partial charge in [0.25, 0.3) is 0 Å². The molecule has 0 radical (unpaired) electrons. The highest BCUT2D eigenvalue weighted by Crippen LogP contribution is 2.26. The fraction of sp³-hybridized carbons (Fsp3) is 0.350. The molecular formula is C20H23FN2O3S2. The second-order valence-corrected chi connectivity index (χ2v) is 9.59. The minimum Gasteiger partial charge on any atom is -0.355 e. The predicted molar refractivity (Wildman–Crippen MR) is 108 cm³/mol. The highest BCUT2D eigenvalue weighted by molar-refractivity contribution is 7.99. The van der Waals surface area contributed by atoms with Crippen LogP contribution in [0.15, 0.2) is 64.4 Å². The number of hydrogen-bond acceptors (Lipinski definition) is 4. The van der Waals surface area contributed by atoms with Gasteiger partial charge in [-0.15, -0.1) is 11.8 Å². The van der Waals surface area contributed by atoms with Crippen molar-refractivity contribution in [3.63, 3.8) is 0 Å². The number of nitrogens with zero attached hydrogens (tertiary/aromatic N) is 1. The Labute approximate surface area is 169 Å². The SMILES string of the molecule is O=C(NCCCSc1ccccc1)[C@H]1CCCN1S(=O)(=O)c1ccc(F)cc1. The van der Waals surface area contributed by atoms with Crippen LogP contribution >= 0.6 is 11.8 Å². The monoisotopic (exact) mass is 422 g/mol. The van der Waals surface area contributed by atoms with Gasteiger partial charge in [-0.2, -0.15) is 4.31 Å². The van der Waals surface area contributed by atoms with Crippen molar-refractivity contribution >= 4 is 27.7 Å². The zero-order chi connectivity index (χ0) is 20.0. The van der Waals surface area contributed by atoms with Crippen molar-refractivity contribution < 1.29 is 17.6 Å². The van der Waals surface area contributed by atoms with Crippen molar-refractivity contribution in [1.82, 2.24) is 9.62 Å². The van der Waals surface area contributed by atoms with Crippen molar-refractivity contribution in [3.8, 4) is 0 Å². The molecule has 2 aromatic carbocycles. The summed E-state index contributed by atoms with van der Waals surface area (Å²) < 4.78 is 40.0. The van der Waals surface area contributed by atoms with Crippen LogP contribution < -0.4 is 5.32 Å². The summed E-state index contributed by atoms with van der Waals surface area (Å²) in [5, 5.41) is 2.86. The van der Waals surface area contributed by atoms with Gasteiger partial charge in [-0.1, -0.05) is 18.2 Å². The molecule has 3 rings (SSSR count). The van der Waals surface area contributed by atoms with E-state index in [-0.39, 0.29) is 10.8 Å². The Kier molecular flexibility index (Phi) is 7.09. The molecule has 1 aliphatic rings. The molecule has 1 aliphatic heterocycles. The second kappa shape index (κ2) is 9.54. The third kappa shape index (κ3) is 5.12. The van der Waals surface area contributed by atoms with Gasteiger partial charge >= 0.3 is 0 Å². The Hall–Kier alpha value is -1.90. The summed E-state index contributed by atoms with van der Waals surface area (Å²) >= 11 is 1.72. The third-order valence-corrected chi connectivity index (χ3v) is 7.58. The highest BCUT2D eigenvalue weighted by Gasteiger charge is 2.39. The van der Waals surface area contributed by atoms with E-state index in [1.807, 2.05) is 30.3 Å². The van der Waals surface area contributed by atoms with Gasteiger partial charge in [-0.05, 0) is 61.4 Å². The van der Waals surface area contributed by atoms with Crippen molar-refractivity contribution in [3.05, 3.63) is 60.4 Å². The molecule has 2 aromatic rings. The number of halogens is 1. The number of nitrogens with one attached hydrogen (secondary N) is 1. The summed E-state index contributed by atoms with van der Waals surface area (Å²) in [5.74, 6) is 0.1000. The van der Waals surface area contributed by atoms with Gasteiger partial charge in [-0.25, -0.2) is 12.8 Å². The van der Waals surface area contributed by atoms with Gasteiger partial charge in [0.05, 0.1) is 4.90 Å². The van der Waals surface area contributed by atoms with E-state index in [1.54, 1.807) is 11.8 Å². The van der Waals surface area contributed by atoms with Gasteiger partial charge < -0.3 is 5.32 Å². The van der Waals surface area contributed by atoms with Crippen molar-refractivity contribution in [2.75, 3.05) is 18.8 Å². The molecule has 28 heavy (non-hydrogen) atoms. The number of sulfonamides is 1. The second-order valence-electron chi connectivity index (χ2n) is 6.53. The summed E-state index contributed by atoms with van der Waals surface area (Å²) in [4.78, 5) is 13.7. The zero-order valence-corrected chi connectivity index (χ0v) is 17.0. The van der Waals surface area contributed by atoms with E-state index in [1.165, 1.54) is 21.3 Å². The average molecular weight is 423 g/mol. The zero-order valence-electron chi connectivity index (χ0n) is 15.4. The topological polar surface area (TPSA) is 66.5 Å². The lowest BCUT2D eigenvalue weighted by molar-refractivity contribution is -0.124. The smallest absolute Gasteiger partial charge is 0.243 e. The lowest BCUT2D eigenvalue weighted by Crippen LogP contribution is -2.46. The molecule has 1 atom stereocenters. The largest absolute Gasteiger partial charge is 0.355 e. The number of rotatable bonds is 8. The molecule has 0 saturated carbocycles. The van der Waals surface area contributed by atoms with E-state index < -0.39 is 21.9 Å². The molecule has 0 unspecified atom stereocenters. The first-order valence-corrected chi connectivity index (χ1v) is 11.6. The Morgan fingerprint density at radius 1 is 1.14 bits per heavy atom. The van der Waals surface area contributed by atoms with Gasteiger partial charge in [0.15, 0.2) is 0 Å². The standard InChI is InChI=1S/C20H23FN2O3S2/c21-16-9-11-18(12-10-16)28(25,26)23-14-4-8-19(23)20(24)22-13-5-15-27-17-6-2-1-3-7-17/h1-3,6-7,9-12,19H,4-5,8,13-15H2,(H,22,24)/t19-/m1/s1. The molecule has 1 N–H and O–H groups in total. The molecule has 150 valence electrons. The van der Waals surface area contributed by atoms with Crippen LogP contribution in [0.2, 0.25) is 0 Å². The fourth-order valence-corrected chi connectivity index (χ4v) is 5.67. The van der Waals surface area contributed by atoms with Crippen LogP contribution in [-0.4, -0.2) is 43.5 Å². The molecule has 1 amide bonds. The molecule has 0 aliphatic carbocycles. The summed E-state index contributed by atoms with van der Waals surface area (Å²) in [5.41, 5.74) is 0. The number of carbonyl (C=O) groups is 1. The van der Waals surface area contributed by atoms with Gasteiger partial charge in [-0.3, -0.25) is 4.79 Å². The van der Waals surface area contributed by atoms with E-state index >= 15 is 0 Å². The fourth-order valence-electron chi connectivity index (χ4n) is 3.14. The van der Waals surface area contributed by atoms with E-state index in [9.17, 15) is 17.6 Å². The van der Waals surface area contributed by atoms with E-state index in [0.29, 0.717) is 25.9 Å². The van der Waals surface area contributed by atoms with Crippen LogP contribution in [0.1, 0.15) is 19.3 Å². The highest BCUT2D eigenvalue weighted by atomic mass is 32.2. The molecule has 0 aromatic heterocycles. The summed E-state index contributed by atoms with van der Waals surface area (Å²) in [6.07, 6.45) is 1.91. The minimum absolute atomic E-state index is 0.00728. The molecule has 1 fully saturated rings. The summed E-state index contributed by atoms with van der Waals surface area (Å²) in [6, 6.07) is 14.0. The van der Waals surface area contributed by atoms with Gasteiger partial charge in [0, 0.05) is 18.0 Å². The molecule has 5 nitrogen and oxygen atoms in total. The first-order valence-electron chi connectivity index (χ1n) is 9.21. The quantitative estimate of drug-likeness (QED) is 0.524. The van der Waals surface area contributed by atoms with Crippen LogP contribution in [0, 0.1) is 5.82 Å². The number of benzene rings is 2. The van der Waals surface area contributed by atoms with E-state index in [2.05, 4.69) is 5.32 Å². The van der Waals surface area contributed by atoms with Gasteiger partial charge in [0.1, 0.15) is 11.9 Å². The number of amides is 1. The summed E-state index contributed by atoms with van der Waals surface area (Å²) in [6.45, 7) is 0.793. The Morgan fingerprint density at radius 3 is 2.57 bits per heavy atom. The number of thioether (sulfide) groups is 1. The average Bonchev–Trinajstić information content (AvgIpc) is 3.20. The Balaban J connectivity index is 1.52. The van der Waals surface area contributed by atoms with Crippen molar-refractivity contribution in [2.45, 2.75) is 35.1 Å². The predicted octanol–water partition coefficient (Wildman–Crippen LogP) is 3.28. The number of hydrogen-bond donors (Lipinski definition) is 1. The normalized spacial score (nSPS) is 17.5. The molecular weight excluding hydrogens is 399 g/mol.